The van der Waals surface area contributed by atoms with Gasteiger partial charge >= 0.3 is 0 Å². The first-order chi connectivity index (χ1) is 14.4. The van der Waals surface area contributed by atoms with Gasteiger partial charge in [0, 0.05) is 47.0 Å². The minimum absolute atomic E-state index is 0.609. The van der Waals surface area contributed by atoms with Crippen LogP contribution in [0.15, 0.2) is 66.3 Å². The van der Waals surface area contributed by atoms with Crippen LogP contribution in [0.5, 0.6) is 0 Å². The number of imidazole rings is 1. The summed E-state index contributed by atoms with van der Waals surface area (Å²) < 4.78 is 5.22. The van der Waals surface area contributed by atoms with Gasteiger partial charge in [-0.3, -0.25) is 5.10 Å². The summed E-state index contributed by atoms with van der Waals surface area (Å²) in [5.74, 6) is 0.609. The lowest BCUT2D eigenvalue weighted by Gasteiger charge is -2.00. The van der Waals surface area contributed by atoms with E-state index in [0.29, 0.717) is 22.8 Å². The largest absolute Gasteiger partial charge is 0.472 e. The number of aromatic nitrogens is 8. The fourth-order valence-corrected chi connectivity index (χ4v) is 3.36. The van der Waals surface area contributed by atoms with Crippen molar-refractivity contribution >= 4 is 22.2 Å². The number of H-pyrrole nitrogens is 2. The zero-order valence-corrected chi connectivity index (χ0v) is 14.9. The molecule has 9 nitrogen and oxygen atoms in total. The van der Waals surface area contributed by atoms with Crippen molar-refractivity contribution in [2.24, 2.45) is 0 Å². The van der Waals surface area contributed by atoms with Crippen LogP contribution in [0.2, 0.25) is 0 Å². The number of hydrogen-bond acceptors (Lipinski definition) is 7. The normalized spacial score (nSPS) is 11.4. The molecule has 0 aliphatic carbocycles. The molecular formula is C20H12N8O. The van der Waals surface area contributed by atoms with Crippen LogP contribution in [0, 0.1) is 0 Å². The lowest BCUT2D eigenvalue weighted by atomic mass is 10.1. The Balaban J connectivity index is 1.53. The number of nitrogens with one attached hydrogen (secondary N) is 2. The predicted octanol–water partition coefficient (Wildman–Crippen LogP) is 3.61. The molecule has 0 aliphatic heterocycles. The van der Waals surface area contributed by atoms with Crippen LogP contribution >= 0.6 is 0 Å². The fraction of sp³-hybridized carbons (Fsp3) is 0. The van der Waals surface area contributed by atoms with E-state index in [9.17, 15) is 0 Å². The molecule has 0 saturated carbocycles. The highest BCUT2D eigenvalue weighted by Crippen LogP contribution is 2.31. The summed E-state index contributed by atoms with van der Waals surface area (Å²) in [6.07, 6.45) is 11.8. The van der Waals surface area contributed by atoms with Crippen LogP contribution in [-0.2, 0) is 0 Å². The van der Waals surface area contributed by atoms with E-state index >= 15 is 0 Å². The molecule has 9 heteroatoms. The van der Waals surface area contributed by atoms with Gasteiger partial charge < -0.3 is 9.40 Å². The van der Waals surface area contributed by atoms with Crippen LogP contribution < -0.4 is 0 Å². The predicted molar refractivity (Wildman–Crippen MR) is 105 cm³/mol. The highest BCUT2D eigenvalue weighted by atomic mass is 16.3. The zero-order chi connectivity index (χ0) is 19.2. The van der Waals surface area contributed by atoms with Crippen molar-refractivity contribution in [1.29, 1.82) is 0 Å². The second-order valence-corrected chi connectivity index (χ2v) is 6.47. The van der Waals surface area contributed by atoms with E-state index in [-0.39, 0.29) is 0 Å². The summed E-state index contributed by atoms with van der Waals surface area (Å²) in [6.45, 7) is 0. The van der Waals surface area contributed by atoms with Crippen LogP contribution in [0.4, 0.5) is 0 Å². The van der Waals surface area contributed by atoms with Gasteiger partial charge in [0.1, 0.15) is 17.5 Å². The molecule has 6 heterocycles. The summed E-state index contributed by atoms with van der Waals surface area (Å²) in [5, 5.41) is 8.24. The van der Waals surface area contributed by atoms with E-state index < -0.39 is 0 Å². The van der Waals surface area contributed by atoms with Crippen LogP contribution in [0.25, 0.3) is 56.0 Å². The lowest BCUT2D eigenvalue weighted by molar-refractivity contribution is 0.568. The average Bonchev–Trinajstić information content (AvgIpc) is 3.52. The van der Waals surface area contributed by atoms with Gasteiger partial charge in [0.25, 0.3) is 0 Å². The first kappa shape index (κ1) is 15.6. The molecule has 0 unspecified atom stereocenters. The van der Waals surface area contributed by atoms with Crippen molar-refractivity contribution in [3.63, 3.8) is 0 Å². The third-order valence-electron chi connectivity index (χ3n) is 4.75. The Kier molecular flexibility index (Phi) is 3.27. The Morgan fingerprint density at radius 3 is 2.69 bits per heavy atom. The summed E-state index contributed by atoms with van der Waals surface area (Å²) >= 11 is 0. The molecule has 0 atom stereocenters. The smallest absolute Gasteiger partial charge is 0.161 e. The third kappa shape index (κ3) is 2.48. The summed E-state index contributed by atoms with van der Waals surface area (Å²) in [6, 6.07) is 5.80. The van der Waals surface area contributed by atoms with Gasteiger partial charge in [-0.2, -0.15) is 5.10 Å². The van der Waals surface area contributed by atoms with Crippen molar-refractivity contribution in [2.75, 3.05) is 0 Å². The third-order valence-corrected chi connectivity index (χ3v) is 4.75. The molecule has 2 N–H and O–H groups in total. The molecule has 6 rings (SSSR count). The minimum Gasteiger partial charge on any atom is -0.472 e. The number of aromatic amines is 2. The molecular weight excluding hydrogens is 368 g/mol. The first-order valence-electron chi connectivity index (χ1n) is 8.84. The number of pyridine rings is 2. The maximum Gasteiger partial charge on any atom is 0.161 e. The van der Waals surface area contributed by atoms with Gasteiger partial charge in [0.2, 0.25) is 0 Å². The molecule has 0 aliphatic rings. The van der Waals surface area contributed by atoms with Crippen molar-refractivity contribution in [1.82, 2.24) is 40.1 Å². The van der Waals surface area contributed by atoms with Crippen LogP contribution in [0.1, 0.15) is 0 Å². The highest BCUT2D eigenvalue weighted by molar-refractivity contribution is 5.95. The molecule has 0 fully saturated rings. The van der Waals surface area contributed by atoms with Crippen LogP contribution in [-0.4, -0.2) is 40.1 Å². The van der Waals surface area contributed by atoms with E-state index in [0.717, 1.165) is 33.2 Å². The number of fused-ring (bicyclic) bond motifs is 2. The zero-order valence-electron chi connectivity index (χ0n) is 14.9. The standard InChI is InChI=1S/C20H12N8O/c1-3-23-19-16(14(1)11-2-4-29-9-11)25-20(26-19)17-15-5-12(8-24-18(15)28-27-17)13-6-21-10-22-7-13/h1-10H,(H,23,25,26)(H,24,27,28). The minimum atomic E-state index is 0.609. The molecule has 0 radical (unpaired) electrons. The Hall–Kier alpha value is -4.40. The lowest BCUT2D eigenvalue weighted by Crippen LogP contribution is -1.85. The highest BCUT2D eigenvalue weighted by Gasteiger charge is 2.17. The molecule has 0 amide bonds. The monoisotopic (exact) mass is 380 g/mol. The molecule has 29 heavy (non-hydrogen) atoms. The molecule has 0 spiro atoms. The fourth-order valence-electron chi connectivity index (χ4n) is 3.36. The van der Waals surface area contributed by atoms with Crippen molar-refractivity contribution in [2.45, 2.75) is 0 Å². The summed E-state index contributed by atoms with van der Waals surface area (Å²) in [4.78, 5) is 25.1. The van der Waals surface area contributed by atoms with E-state index in [2.05, 4.69) is 35.1 Å². The Morgan fingerprint density at radius 2 is 1.83 bits per heavy atom. The van der Waals surface area contributed by atoms with E-state index in [4.69, 9.17) is 9.40 Å². The maximum absolute atomic E-state index is 5.22. The number of furan rings is 1. The van der Waals surface area contributed by atoms with Gasteiger partial charge in [0.05, 0.1) is 17.9 Å². The van der Waals surface area contributed by atoms with Crippen LogP contribution in [0.3, 0.4) is 0 Å². The Bertz CT molecular complexity index is 1450. The molecule has 0 saturated heterocycles. The molecule has 6 aromatic rings. The Labute approximate surface area is 162 Å². The van der Waals surface area contributed by atoms with Crippen molar-refractivity contribution in [3.05, 3.63) is 61.8 Å². The molecule has 0 aromatic carbocycles. The van der Waals surface area contributed by atoms with E-state index in [1.165, 1.54) is 6.33 Å². The topological polar surface area (TPSA) is 122 Å². The van der Waals surface area contributed by atoms with Gasteiger partial charge in [-0.15, -0.1) is 0 Å². The SMILES string of the molecule is c1ncc(-c2cnc3[nH]nc(-c4nc5c(-c6ccoc6)ccnc5[nH]4)c3c2)cn1. The van der Waals surface area contributed by atoms with Gasteiger partial charge in [-0.25, -0.2) is 24.9 Å². The molecule has 138 valence electrons. The van der Waals surface area contributed by atoms with E-state index in [1.54, 1.807) is 37.3 Å². The average molecular weight is 380 g/mol. The molecule has 6 aromatic heterocycles. The summed E-state index contributed by atoms with van der Waals surface area (Å²) in [7, 11) is 0. The van der Waals surface area contributed by atoms with Gasteiger partial charge in [-0.05, 0) is 18.2 Å². The number of hydrogen-bond donors (Lipinski definition) is 2. The van der Waals surface area contributed by atoms with Crippen molar-refractivity contribution in [3.8, 4) is 33.8 Å². The second kappa shape index (κ2) is 6.06. The summed E-state index contributed by atoms with van der Waals surface area (Å²) in [5.41, 5.74) is 6.42. The Morgan fingerprint density at radius 1 is 0.897 bits per heavy atom. The van der Waals surface area contributed by atoms with Crippen molar-refractivity contribution < 1.29 is 4.42 Å². The number of rotatable bonds is 3. The first-order valence-corrected chi connectivity index (χ1v) is 8.84. The quantitative estimate of drug-likeness (QED) is 0.481. The number of nitrogens with zero attached hydrogens (tertiary/aromatic N) is 6. The second-order valence-electron chi connectivity index (χ2n) is 6.47. The van der Waals surface area contributed by atoms with E-state index in [1.807, 2.05) is 18.2 Å². The van der Waals surface area contributed by atoms with Gasteiger partial charge in [-0.1, -0.05) is 0 Å². The maximum atomic E-state index is 5.22. The molecule has 0 bridgehead atoms. The van der Waals surface area contributed by atoms with Gasteiger partial charge in [0.15, 0.2) is 17.1 Å².